The van der Waals surface area contributed by atoms with Crippen LogP contribution >= 0.6 is 0 Å². The van der Waals surface area contributed by atoms with E-state index in [0.717, 1.165) is 18.4 Å². The minimum Gasteiger partial charge on any atom is -0.508 e. The molecule has 3 amide bonds. The number of ketones is 1. The van der Waals surface area contributed by atoms with Crippen LogP contribution in [0.15, 0.2) is 24.3 Å². The maximum atomic E-state index is 13.0. The summed E-state index contributed by atoms with van der Waals surface area (Å²) in [7, 11) is 0. The van der Waals surface area contributed by atoms with Crippen LogP contribution in [0.2, 0.25) is 0 Å². The van der Waals surface area contributed by atoms with Crippen LogP contribution < -0.4 is 21.7 Å². The molecule has 2 aliphatic rings. The molecule has 1 aromatic carbocycles. The van der Waals surface area contributed by atoms with Crippen LogP contribution in [0, 0.1) is 11.3 Å². The molecule has 1 aliphatic carbocycles. The van der Waals surface area contributed by atoms with E-state index in [9.17, 15) is 19.5 Å². The fourth-order valence-corrected chi connectivity index (χ4v) is 3.91. The average molecular weight is 374 g/mol. The lowest BCUT2D eigenvalue weighted by molar-refractivity contribution is -0.139. The molecule has 1 heterocycles. The number of Topliss-reactive ketones (excluding diaryl/α,β-unsaturated/α-hetero) is 1. The third-order valence-corrected chi connectivity index (χ3v) is 5.70. The highest BCUT2D eigenvalue weighted by molar-refractivity contribution is 5.90. The van der Waals surface area contributed by atoms with Gasteiger partial charge in [-0.3, -0.25) is 9.59 Å². The molecular formula is C19H26N4O4. The van der Waals surface area contributed by atoms with Gasteiger partial charge in [-0.05, 0) is 43.5 Å². The van der Waals surface area contributed by atoms with Gasteiger partial charge >= 0.3 is 6.03 Å². The third kappa shape index (κ3) is 4.21. The molecule has 0 bridgehead atoms. The summed E-state index contributed by atoms with van der Waals surface area (Å²) in [6, 6.07) is 5.36. The molecule has 2 fully saturated rings. The summed E-state index contributed by atoms with van der Waals surface area (Å²) in [6.07, 6.45) is 1.92. The number of urea groups is 1. The Kier molecular flexibility index (Phi) is 5.65. The number of hydrogen-bond donors (Lipinski definition) is 5. The number of amides is 3. The molecule has 0 spiro atoms. The maximum absolute atomic E-state index is 13.0. The van der Waals surface area contributed by atoms with E-state index in [0.29, 0.717) is 13.0 Å². The fourth-order valence-electron chi connectivity index (χ4n) is 3.91. The molecule has 27 heavy (non-hydrogen) atoms. The topological polar surface area (TPSA) is 134 Å². The number of fused-ring (bicyclic) bond motifs is 1. The Labute approximate surface area is 157 Å². The third-order valence-electron chi connectivity index (χ3n) is 5.70. The highest BCUT2D eigenvalue weighted by Crippen LogP contribution is 2.49. The van der Waals surface area contributed by atoms with Crippen molar-refractivity contribution in [1.29, 1.82) is 0 Å². The van der Waals surface area contributed by atoms with Crippen molar-refractivity contribution in [2.45, 2.75) is 31.7 Å². The Balaban J connectivity index is 1.82. The zero-order chi connectivity index (χ0) is 19.4. The van der Waals surface area contributed by atoms with Gasteiger partial charge in [0, 0.05) is 30.8 Å². The van der Waals surface area contributed by atoms with Crippen molar-refractivity contribution in [3.63, 3.8) is 0 Å². The second-order valence-electron chi connectivity index (χ2n) is 7.42. The van der Waals surface area contributed by atoms with E-state index < -0.39 is 17.5 Å². The van der Waals surface area contributed by atoms with Crippen LogP contribution in [0.4, 0.5) is 4.79 Å². The number of aromatic hydroxyl groups is 1. The standard InChI is InChI=1S/C19H26N4O4/c20-11-19-6-5-14(19)17(26)21-7-8-22-18(27)23-15(16(25)10-19)9-12-1-3-13(24)4-2-12/h1-4,14-15,24H,5-11,20H2,(H,21,26)(H2,22,23,27). The van der Waals surface area contributed by atoms with Crippen molar-refractivity contribution in [1.82, 2.24) is 16.0 Å². The molecule has 0 aromatic heterocycles. The first-order chi connectivity index (χ1) is 12.9. The Morgan fingerprint density at radius 3 is 2.44 bits per heavy atom. The molecule has 6 N–H and O–H groups in total. The van der Waals surface area contributed by atoms with E-state index in [1.165, 1.54) is 0 Å². The lowest BCUT2D eigenvalue weighted by Gasteiger charge is -2.48. The van der Waals surface area contributed by atoms with Gasteiger partial charge in [-0.2, -0.15) is 0 Å². The first-order valence-electron chi connectivity index (χ1n) is 9.26. The van der Waals surface area contributed by atoms with E-state index in [4.69, 9.17) is 5.73 Å². The van der Waals surface area contributed by atoms with Gasteiger partial charge in [0.15, 0.2) is 5.78 Å². The molecule has 1 aromatic rings. The van der Waals surface area contributed by atoms with Gasteiger partial charge in [-0.15, -0.1) is 0 Å². The molecule has 146 valence electrons. The smallest absolute Gasteiger partial charge is 0.315 e. The predicted octanol–water partition coefficient (Wildman–Crippen LogP) is 0.0466. The van der Waals surface area contributed by atoms with E-state index in [1.807, 2.05) is 0 Å². The first-order valence-corrected chi connectivity index (χ1v) is 9.26. The maximum Gasteiger partial charge on any atom is 0.315 e. The van der Waals surface area contributed by atoms with Crippen molar-refractivity contribution in [2.24, 2.45) is 17.1 Å². The average Bonchev–Trinajstić information content (AvgIpc) is 2.62. The molecule has 0 radical (unpaired) electrons. The molecule has 1 aliphatic heterocycles. The van der Waals surface area contributed by atoms with Gasteiger partial charge in [-0.25, -0.2) is 4.79 Å². The number of nitrogens with one attached hydrogen (secondary N) is 3. The number of benzene rings is 1. The molecule has 3 atom stereocenters. The molecule has 8 heteroatoms. The number of nitrogens with two attached hydrogens (primary N) is 1. The van der Waals surface area contributed by atoms with Crippen molar-refractivity contribution in [3.05, 3.63) is 29.8 Å². The number of hydrogen-bond acceptors (Lipinski definition) is 5. The van der Waals surface area contributed by atoms with Crippen molar-refractivity contribution < 1.29 is 19.5 Å². The lowest BCUT2D eigenvalue weighted by Crippen LogP contribution is -2.57. The van der Waals surface area contributed by atoms with Crippen LogP contribution in [0.5, 0.6) is 5.75 Å². The second-order valence-corrected chi connectivity index (χ2v) is 7.42. The van der Waals surface area contributed by atoms with Gasteiger partial charge in [-0.1, -0.05) is 12.1 Å². The molecule has 8 nitrogen and oxygen atoms in total. The Hall–Kier alpha value is -2.61. The number of carbonyl (C=O) groups is 3. The van der Waals surface area contributed by atoms with Gasteiger partial charge in [0.25, 0.3) is 0 Å². The number of carbonyl (C=O) groups excluding carboxylic acids is 3. The summed E-state index contributed by atoms with van der Waals surface area (Å²) >= 11 is 0. The Morgan fingerprint density at radius 1 is 1.11 bits per heavy atom. The largest absolute Gasteiger partial charge is 0.508 e. The predicted molar refractivity (Wildman–Crippen MR) is 99.0 cm³/mol. The molecular weight excluding hydrogens is 348 g/mol. The zero-order valence-corrected chi connectivity index (χ0v) is 15.2. The number of rotatable bonds is 3. The molecule has 3 rings (SSSR count). The van der Waals surface area contributed by atoms with Gasteiger partial charge in [0.2, 0.25) is 5.91 Å². The Bertz CT molecular complexity index is 717. The SMILES string of the molecule is NCC12CCC1C(=O)NCCNC(=O)NC(Cc1ccc(O)cc1)C(=O)C2. The van der Waals surface area contributed by atoms with E-state index >= 15 is 0 Å². The minimum atomic E-state index is -0.721. The van der Waals surface area contributed by atoms with Crippen molar-refractivity contribution in [3.8, 4) is 5.75 Å². The highest BCUT2D eigenvalue weighted by Gasteiger charge is 2.51. The normalized spacial score (nSPS) is 29.1. The Morgan fingerprint density at radius 2 is 1.81 bits per heavy atom. The van der Waals surface area contributed by atoms with Crippen LogP contribution in [0.25, 0.3) is 0 Å². The second kappa shape index (κ2) is 7.96. The summed E-state index contributed by atoms with van der Waals surface area (Å²) in [5, 5.41) is 17.6. The van der Waals surface area contributed by atoms with E-state index in [2.05, 4.69) is 16.0 Å². The lowest BCUT2D eigenvalue weighted by atomic mass is 9.57. The number of phenols is 1. The summed E-state index contributed by atoms with van der Waals surface area (Å²) in [5.74, 6) is -0.366. The zero-order valence-electron chi connectivity index (χ0n) is 15.2. The van der Waals surface area contributed by atoms with E-state index in [1.54, 1.807) is 24.3 Å². The van der Waals surface area contributed by atoms with Crippen LogP contribution in [0.3, 0.4) is 0 Å². The highest BCUT2D eigenvalue weighted by atomic mass is 16.3. The van der Waals surface area contributed by atoms with Crippen LogP contribution in [-0.2, 0) is 16.0 Å². The van der Waals surface area contributed by atoms with E-state index in [-0.39, 0.29) is 42.9 Å². The van der Waals surface area contributed by atoms with Gasteiger partial charge in [0.05, 0.1) is 6.04 Å². The van der Waals surface area contributed by atoms with Crippen LogP contribution in [-0.4, -0.2) is 48.5 Å². The minimum absolute atomic E-state index is 0.0997. The first kappa shape index (κ1) is 19.2. The quantitative estimate of drug-likeness (QED) is 0.510. The summed E-state index contributed by atoms with van der Waals surface area (Å²) in [5.41, 5.74) is 6.25. The molecule has 1 saturated carbocycles. The van der Waals surface area contributed by atoms with Crippen LogP contribution in [0.1, 0.15) is 24.8 Å². The fraction of sp³-hybridized carbons (Fsp3) is 0.526. The summed E-state index contributed by atoms with van der Waals surface area (Å²) < 4.78 is 0. The summed E-state index contributed by atoms with van der Waals surface area (Å²) in [4.78, 5) is 37.6. The number of phenolic OH excluding ortho intramolecular Hbond substituents is 1. The molecule has 3 unspecified atom stereocenters. The van der Waals surface area contributed by atoms with Crippen molar-refractivity contribution in [2.75, 3.05) is 19.6 Å². The summed E-state index contributed by atoms with van der Waals surface area (Å²) in [6.45, 7) is 0.870. The van der Waals surface area contributed by atoms with Gasteiger partial charge < -0.3 is 26.8 Å². The van der Waals surface area contributed by atoms with Crippen molar-refractivity contribution >= 4 is 17.7 Å². The molecule has 1 saturated heterocycles. The van der Waals surface area contributed by atoms with Gasteiger partial charge in [0.1, 0.15) is 5.75 Å². The monoisotopic (exact) mass is 374 g/mol.